The SMILES string of the molecule is Cc1c(Oc2ncccc2[C@H](C)N)cccc1[N+](=O)[O-]. The summed E-state index contributed by atoms with van der Waals surface area (Å²) in [4.78, 5) is 14.6. The lowest BCUT2D eigenvalue weighted by Gasteiger charge is -2.13. The molecule has 0 aliphatic heterocycles. The van der Waals surface area contributed by atoms with E-state index in [1.807, 2.05) is 13.0 Å². The van der Waals surface area contributed by atoms with Gasteiger partial charge in [0.2, 0.25) is 5.88 Å². The van der Waals surface area contributed by atoms with Gasteiger partial charge in [0, 0.05) is 23.9 Å². The van der Waals surface area contributed by atoms with Crippen LogP contribution in [0.4, 0.5) is 5.69 Å². The fourth-order valence-corrected chi connectivity index (χ4v) is 1.85. The zero-order valence-electron chi connectivity index (χ0n) is 11.2. The number of rotatable bonds is 4. The van der Waals surface area contributed by atoms with Gasteiger partial charge in [-0.1, -0.05) is 12.1 Å². The van der Waals surface area contributed by atoms with Crippen molar-refractivity contribution < 1.29 is 9.66 Å². The molecule has 0 bridgehead atoms. The average Bonchev–Trinajstić information content (AvgIpc) is 2.41. The average molecular weight is 273 g/mol. The maximum Gasteiger partial charge on any atom is 0.276 e. The third-order valence-electron chi connectivity index (χ3n) is 2.95. The first kappa shape index (κ1) is 14.0. The molecule has 0 radical (unpaired) electrons. The van der Waals surface area contributed by atoms with Crippen LogP contribution in [-0.4, -0.2) is 9.91 Å². The van der Waals surface area contributed by atoms with Crippen LogP contribution in [0.1, 0.15) is 24.1 Å². The molecule has 1 heterocycles. The molecule has 0 fully saturated rings. The highest BCUT2D eigenvalue weighted by molar-refractivity contribution is 5.49. The normalized spacial score (nSPS) is 11.9. The molecule has 1 atom stereocenters. The van der Waals surface area contributed by atoms with Crippen molar-refractivity contribution in [3.05, 3.63) is 57.8 Å². The van der Waals surface area contributed by atoms with Gasteiger partial charge in [-0.15, -0.1) is 0 Å². The number of aromatic nitrogens is 1. The van der Waals surface area contributed by atoms with Gasteiger partial charge in [-0.05, 0) is 26.0 Å². The maximum atomic E-state index is 10.9. The first-order valence-electron chi connectivity index (χ1n) is 6.13. The van der Waals surface area contributed by atoms with Crippen LogP contribution in [-0.2, 0) is 0 Å². The van der Waals surface area contributed by atoms with Crippen LogP contribution in [0.15, 0.2) is 36.5 Å². The molecule has 20 heavy (non-hydrogen) atoms. The molecule has 2 aromatic rings. The van der Waals surface area contributed by atoms with E-state index in [0.29, 0.717) is 17.2 Å². The molecule has 0 saturated heterocycles. The van der Waals surface area contributed by atoms with Gasteiger partial charge in [-0.25, -0.2) is 4.98 Å². The molecule has 0 amide bonds. The number of nitro benzene ring substituents is 1. The second-order valence-electron chi connectivity index (χ2n) is 4.45. The van der Waals surface area contributed by atoms with Crippen molar-refractivity contribution >= 4 is 5.69 Å². The third kappa shape index (κ3) is 2.75. The summed E-state index contributed by atoms with van der Waals surface area (Å²) in [6.07, 6.45) is 1.59. The summed E-state index contributed by atoms with van der Waals surface area (Å²) in [7, 11) is 0. The van der Waals surface area contributed by atoms with Gasteiger partial charge in [0.05, 0.1) is 10.5 Å². The Morgan fingerprint density at radius 3 is 2.75 bits per heavy atom. The number of nitrogens with two attached hydrogens (primary N) is 1. The summed E-state index contributed by atoms with van der Waals surface area (Å²) in [5, 5.41) is 10.9. The van der Waals surface area contributed by atoms with Gasteiger partial charge in [0.1, 0.15) is 5.75 Å². The second kappa shape index (κ2) is 5.66. The van der Waals surface area contributed by atoms with Crippen LogP contribution in [0.25, 0.3) is 0 Å². The Bertz CT molecular complexity index is 641. The van der Waals surface area contributed by atoms with E-state index < -0.39 is 4.92 Å². The van der Waals surface area contributed by atoms with Crippen molar-refractivity contribution in [2.75, 3.05) is 0 Å². The fraction of sp³-hybridized carbons (Fsp3) is 0.214. The van der Waals surface area contributed by atoms with E-state index in [1.165, 1.54) is 6.07 Å². The lowest BCUT2D eigenvalue weighted by molar-refractivity contribution is -0.385. The van der Waals surface area contributed by atoms with Crippen molar-refractivity contribution in [2.24, 2.45) is 5.73 Å². The summed E-state index contributed by atoms with van der Waals surface area (Å²) in [6, 6.07) is 8.04. The molecule has 1 aromatic carbocycles. The first-order chi connectivity index (χ1) is 9.50. The maximum absolute atomic E-state index is 10.9. The van der Waals surface area contributed by atoms with Crippen LogP contribution >= 0.6 is 0 Å². The summed E-state index contributed by atoms with van der Waals surface area (Å²) >= 11 is 0. The van der Waals surface area contributed by atoms with Gasteiger partial charge >= 0.3 is 0 Å². The number of hydrogen-bond acceptors (Lipinski definition) is 5. The van der Waals surface area contributed by atoms with Crippen LogP contribution in [0.2, 0.25) is 0 Å². The number of ether oxygens (including phenoxy) is 1. The third-order valence-corrected chi connectivity index (χ3v) is 2.95. The van der Waals surface area contributed by atoms with Crippen molar-refractivity contribution in [1.29, 1.82) is 0 Å². The highest BCUT2D eigenvalue weighted by atomic mass is 16.6. The lowest BCUT2D eigenvalue weighted by atomic mass is 10.1. The molecule has 104 valence electrons. The minimum absolute atomic E-state index is 0.0146. The summed E-state index contributed by atoms with van der Waals surface area (Å²) < 4.78 is 5.70. The van der Waals surface area contributed by atoms with E-state index >= 15 is 0 Å². The Balaban J connectivity index is 2.41. The van der Waals surface area contributed by atoms with Crippen LogP contribution in [0.3, 0.4) is 0 Å². The monoisotopic (exact) mass is 273 g/mol. The van der Waals surface area contributed by atoms with E-state index in [1.54, 1.807) is 31.3 Å². The summed E-state index contributed by atoms with van der Waals surface area (Å²) in [6.45, 7) is 3.46. The van der Waals surface area contributed by atoms with Crippen molar-refractivity contribution in [1.82, 2.24) is 4.98 Å². The largest absolute Gasteiger partial charge is 0.438 e. The minimum atomic E-state index is -0.437. The minimum Gasteiger partial charge on any atom is -0.438 e. The number of pyridine rings is 1. The van der Waals surface area contributed by atoms with Crippen molar-refractivity contribution in [3.8, 4) is 11.6 Å². The zero-order valence-corrected chi connectivity index (χ0v) is 11.2. The van der Waals surface area contributed by atoms with Gasteiger partial charge < -0.3 is 10.5 Å². The van der Waals surface area contributed by atoms with Crippen molar-refractivity contribution in [2.45, 2.75) is 19.9 Å². The number of nitrogens with zero attached hydrogens (tertiary/aromatic N) is 2. The van der Waals surface area contributed by atoms with E-state index in [0.717, 1.165) is 5.56 Å². The molecule has 6 nitrogen and oxygen atoms in total. The van der Waals surface area contributed by atoms with Gasteiger partial charge in [-0.2, -0.15) is 0 Å². The van der Waals surface area contributed by atoms with E-state index in [4.69, 9.17) is 10.5 Å². The smallest absolute Gasteiger partial charge is 0.276 e. The summed E-state index contributed by atoms with van der Waals surface area (Å²) in [5.41, 5.74) is 7.08. The van der Waals surface area contributed by atoms with E-state index in [-0.39, 0.29) is 11.7 Å². The van der Waals surface area contributed by atoms with Gasteiger partial charge in [0.25, 0.3) is 5.69 Å². The van der Waals surface area contributed by atoms with Crippen LogP contribution in [0, 0.1) is 17.0 Å². The Hall–Kier alpha value is -2.47. The van der Waals surface area contributed by atoms with Gasteiger partial charge in [-0.3, -0.25) is 10.1 Å². The molecular weight excluding hydrogens is 258 g/mol. The molecule has 2 N–H and O–H groups in total. The molecule has 1 aromatic heterocycles. The quantitative estimate of drug-likeness (QED) is 0.682. The Morgan fingerprint density at radius 2 is 2.10 bits per heavy atom. The Labute approximate surface area is 116 Å². The molecule has 0 saturated carbocycles. The number of hydrogen-bond donors (Lipinski definition) is 1. The second-order valence-corrected chi connectivity index (χ2v) is 4.45. The number of benzene rings is 1. The topological polar surface area (TPSA) is 91.3 Å². The molecule has 0 spiro atoms. The molecule has 2 rings (SSSR count). The molecule has 0 aliphatic rings. The Kier molecular flexibility index (Phi) is 3.95. The summed E-state index contributed by atoms with van der Waals surface area (Å²) in [5.74, 6) is 0.769. The molecule has 0 aliphatic carbocycles. The number of nitro groups is 1. The van der Waals surface area contributed by atoms with Gasteiger partial charge in [0.15, 0.2) is 0 Å². The zero-order chi connectivity index (χ0) is 14.7. The Morgan fingerprint density at radius 1 is 1.35 bits per heavy atom. The predicted molar refractivity (Wildman–Crippen MR) is 74.7 cm³/mol. The van der Waals surface area contributed by atoms with Crippen molar-refractivity contribution in [3.63, 3.8) is 0 Å². The lowest BCUT2D eigenvalue weighted by Crippen LogP contribution is -2.07. The van der Waals surface area contributed by atoms with E-state index in [2.05, 4.69) is 4.98 Å². The highest BCUT2D eigenvalue weighted by Gasteiger charge is 2.16. The highest BCUT2D eigenvalue weighted by Crippen LogP contribution is 2.32. The molecule has 0 unspecified atom stereocenters. The van der Waals surface area contributed by atoms with Crippen LogP contribution in [0.5, 0.6) is 11.6 Å². The fourth-order valence-electron chi connectivity index (χ4n) is 1.85. The van der Waals surface area contributed by atoms with Crippen LogP contribution < -0.4 is 10.5 Å². The predicted octanol–water partition coefficient (Wildman–Crippen LogP) is 3.11. The first-order valence-corrected chi connectivity index (χ1v) is 6.13. The molecule has 6 heteroatoms. The molecular formula is C14H15N3O3. The standard InChI is InChI=1S/C14H15N3O3/c1-9-12(17(18)19)6-3-7-13(9)20-14-11(10(2)15)5-4-8-16-14/h3-8,10H,15H2,1-2H3/t10-/m0/s1. The van der Waals surface area contributed by atoms with E-state index in [9.17, 15) is 10.1 Å².